The molecule has 20 heavy (non-hydrogen) atoms. The number of H-pyrrole nitrogens is 1. The van der Waals surface area contributed by atoms with E-state index in [4.69, 9.17) is 23.2 Å². The number of hydrogen-bond donors (Lipinski definition) is 3. The Hall–Kier alpha value is -1.84. The molecular weight excluding hydrogens is 295 g/mol. The highest BCUT2D eigenvalue weighted by atomic mass is 35.5. The average Bonchev–Trinajstić information content (AvgIpc) is 2.82. The van der Waals surface area contributed by atoms with Crippen LogP contribution < -0.4 is 5.32 Å². The maximum atomic E-state index is 9.39. The Morgan fingerprint density at radius 3 is 2.75 bits per heavy atom. The first-order chi connectivity index (χ1) is 9.63. The number of rotatable bonds is 3. The van der Waals surface area contributed by atoms with Crippen LogP contribution in [0.2, 0.25) is 10.0 Å². The number of aromatic hydroxyl groups is 1. The van der Waals surface area contributed by atoms with Crippen LogP contribution in [0.25, 0.3) is 10.9 Å². The minimum atomic E-state index is 0.0824. The molecule has 3 aromatic rings. The Labute approximate surface area is 126 Å². The molecule has 0 atom stereocenters. The largest absolute Gasteiger partial charge is 0.506 e. The van der Waals surface area contributed by atoms with Crippen molar-refractivity contribution in [3.8, 4) is 5.75 Å². The van der Waals surface area contributed by atoms with E-state index in [0.29, 0.717) is 16.6 Å². The van der Waals surface area contributed by atoms with Gasteiger partial charge < -0.3 is 15.4 Å². The highest BCUT2D eigenvalue weighted by molar-refractivity contribution is 6.32. The third-order valence-corrected chi connectivity index (χ3v) is 3.70. The Morgan fingerprint density at radius 2 is 1.95 bits per heavy atom. The summed E-state index contributed by atoms with van der Waals surface area (Å²) in [5.74, 6) is 0.0824. The molecule has 0 bridgehead atoms. The third kappa shape index (κ3) is 2.55. The first-order valence-electron chi connectivity index (χ1n) is 6.11. The number of phenols is 1. The summed E-state index contributed by atoms with van der Waals surface area (Å²) >= 11 is 11.8. The summed E-state index contributed by atoms with van der Waals surface area (Å²) in [6.07, 6.45) is 1.95. The van der Waals surface area contributed by atoms with Crippen LogP contribution in [-0.4, -0.2) is 10.1 Å². The van der Waals surface area contributed by atoms with Crippen LogP contribution in [0.15, 0.2) is 42.6 Å². The summed E-state index contributed by atoms with van der Waals surface area (Å²) in [5, 5.41) is 14.8. The Balaban J connectivity index is 1.81. The first-order valence-corrected chi connectivity index (χ1v) is 6.87. The number of nitrogens with one attached hydrogen (secondary N) is 2. The summed E-state index contributed by atoms with van der Waals surface area (Å²) in [4.78, 5) is 3.20. The number of hydrogen-bond acceptors (Lipinski definition) is 2. The minimum Gasteiger partial charge on any atom is -0.506 e. The van der Waals surface area contributed by atoms with Crippen molar-refractivity contribution in [1.29, 1.82) is 0 Å². The van der Waals surface area contributed by atoms with Crippen molar-refractivity contribution in [2.75, 3.05) is 5.32 Å². The van der Waals surface area contributed by atoms with Gasteiger partial charge in [-0.2, -0.15) is 0 Å². The molecule has 1 aromatic heterocycles. The predicted molar refractivity (Wildman–Crippen MR) is 83.8 cm³/mol. The number of phenolic OH excluding ortho intramolecular Hbond substituents is 1. The first kappa shape index (κ1) is 13.2. The number of aromatic amines is 1. The van der Waals surface area contributed by atoms with Gasteiger partial charge in [-0.15, -0.1) is 0 Å². The maximum Gasteiger partial charge on any atom is 0.134 e. The summed E-state index contributed by atoms with van der Waals surface area (Å²) in [6, 6.07) is 10.8. The number of halogens is 2. The molecule has 0 spiro atoms. The normalized spacial score (nSPS) is 10.9. The van der Waals surface area contributed by atoms with Gasteiger partial charge in [0, 0.05) is 34.4 Å². The fraction of sp³-hybridized carbons (Fsp3) is 0.0667. The molecule has 0 aliphatic rings. The summed E-state index contributed by atoms with van der Waals surface area (Å²) < 4.78 is 0. The minimum absolute atomic E-state index is 0.0824. The molecule has 0 saturated carbocycles. The number of fused-ring (bicyclic) bond motifs is 1. The van der Waals surface area contributed by atoms with Crippen molar-refractivity contribution in [3.63, 3.8) is 0 Å². The van der Waals surface area contributed by atoms with Crippen LogP contribution in [0, 0.1) is 0 Å². The van der Waals surface area contributed by atoms with E-state index < -0.39 is 0 Å². The van der Waals surface area contributed by atoms with E-state index in [-0.39, 0.29) is 5.75 Å². The molecule has 0 aliphatic carbocycles. The molecule has 0 aliphatic heterocycles. The van der Waals surface area contributed by atoms with Gasteiger partial charge in [0.25, 0.3) is 0 Å². The molecule has 0 saturated heterocycles. The molecule has 1 heterocycles. The average molecular weight is 307 g/mol. The second-order valence-electron chi connectivity index (χ2n) is 4.52. The second-order valence-corrected chi connectivity index (χ2v) is 5.37. The molecule has 3 N–H and O–H groups in total. The molecule has 0 fully saturated rings. The van der Waals surface area contributed by atoms with Gasteiger partial charge in [0.1, 0.15) is 5.75 Å². The van der Waals surface area contributed by atoms with E-state index in [9.17, 15) is 5.11 Å². The fourth-order valence-corrected chi connectivity index (χ4v) is 2.47. The smallest absolute Gasteiger partial charge is 0.134 e. The van der Waals surface area contributed by atoms with Crippen LogP contribution in [0.5, 0.6) is 5.75 Å². The van der Waals surface area contributed by atoms with Gasteiger partial charge >= 0.3 is 0 Å². The molecule has 0 amide bonds. The SMILES string of the molecule is Oc1ccc(NCc2c[nH]c3cc(Cl)ccc23)cc1Cl. The second kappa shape index (κ2) is 5.27. The van der Waals surface area contributed by atoms with Gasteiger partial charge in [0.2, 0.25) is 0 Å². The summed E-state index contributed by atoms with van der Waals surface area (Å²) in [6.45, 7) is 0.655. The zero-order chi connectivity index (χ0) is 14.1. The molecule has 3 rings (SSSR count). The lowest BCUT2D eigenvalue weighted by molar-refractivity contribution is 0.475. The number of benzene rings is 2. The Morgan fingerprint density at radius 1 is 1.10 bits per heavy atom. The van der Waals surface area contributed by atoms with Crippen molar-refractivity contribution < 1.29 is 5.11 Å². The molecule has 5 heteroatoms. The van der Waals surface area contributed by atoms with Crippen molar-refractivity contribution >= 4 is 39.8 Å². The van der Waals surface area contributed by atoms with Crippen molar-refractivity contribution in [2.24, 2.45) is 0 Å². The van der Waals surface area contributed by atoms with E-state index in [2.05, 4.69) is 10.3 Å². The lowest BCUT2D eigenvalue weighted by atomic mass is 10.1. The zero-order valence-electron chi connectivity index (χ0n) is 10.5. The van der Waals surface area contributed by atoms with E-state index in [0.717, 1.165) is 22.2 Å². The molecule has 0 unspecified atom stereocenters. The Bertz CT molecular complexity index is 768. The van der Waals surface area contributed by atoms with Crippen LogP contribution in [-0.2, 0) is 6.54 Å². The quantitative estimate of drug-likeness (QED) is 0.609. The maximum absolute atomic E-state index is 9.39. The standard InChI is InChI=1S/C15H12Cl2N2O/c16-10-1-3-12-9(8-19-14(12)5-10)7-18-11-2-4-15(20)13(17)6-11/h1-6,8,18-20H,7H2. The van der Waals surface area contributed by atoms with E-state index in [1.54, 1.807) is 18.2 Å². The van der Waals surface area contributed by atoms with Crippen LogP contribution in [0.3, 0.4) is 0 Å². The molecule has 102 valence electrons. The Kier molecular flexibility index (Phi) is 3.47. The summed E-state index contributed by atoms with van der Waals surface area (Å²) in [7, 11) is 0. The predicted octanol–water partition coefficient (Wildman–Crippen LogP) is 4.79. The lowest BCUT2D eigenvalue weighted by Crippen LogP contribution is -1.98. The van der Waals surface area contributed by atoms with E-state index in [1.807, 2.05) is 24.4 Å². The van der Waals surface area contributed by atoms with Gasteiger partial charge in [0.15, 0.2) is 0 Å². The molecule has 0 radical (unpaired) electrons. The van der Waals surface area contributed by atoms with Crippen molar-refractivity contribution in [1.82, 2.24) is 4.98 Å². The van der Waals surface area contributed by atoms with Gasteiger partial charge in [-0.05, 0) is 35.9 Å². The fourth-order valence-electron chi connectivity index (χ4n) is 2.12. The molecular formula is C15H12Cl2N2O. The lowest BCUT2D eigenvalue weighted by Gasteiger charge is -2.07. The van der Waals surface area contributed by atoms with Gasteiger partial charge in [0.05, 0.1) is 5.02 Å². The monoisotopic (exact) mass is 306 g/mol. The van der Waals surface area contributed by atoms with Gasteiger partial charge in [-0.25, -0.2) is 0 Å². The van der Waals surface area contributed by atoms with Crippen LogP contribution in [0.1, 0.15) is 5.56 Å². The zero-order valence-corrected chi connectivity index (χ0v) is 12.0. The van der Waals surface area contributed by atoms with Crippen LogP contribution >= 0.6 is 23.2 Å². The van der Waals surface area contributed by atoms with Gasteiger partial charge in [-0.1, -0.05) is 29.3 Å². The van der Waals surface area contributed by atoms with E-state index in [1.165, 1.54) is 0 Å². The van der Waals surface area contributed by atoms with Gasteiger partial charge in [-0.3, -0.25) is 0 Å². The highest BCUT2D eigenvalue weighted by Crippen LogP contribution is 2.27. The van der Waals surface area contributed by atoms with Crippen molar-refractivity contribution in [3.05, 3.63) is 58.2 Å². The number of aromatic nitrogens is 1. The van der Waals surface area contributed by atoms with Crippen molar-refractivity contribution in [2.45, 2.75) is 6.54 Å². The molecule has 3 nitrogen and oxygen atoms in total. The highest BCUT2D eigenvalue weighted by Gasteiger charge is 2.05. The molecule has 2 aromatic carbocycles. The topological polar surface area (TPSA) is 48.0 Å². The van der Waals surface area contributed by atoms with Crippen LogP contribution in [0.4, 0.5) is 5.69 Å². The van der Waals surface area contributed by atoms with E-state index >= 15 is 0 Å². The third-order valence-electron chi connectivity index (χ3n) is 3.16. The summed E-state index contributed by atoms with van der Waals surface area (Å²) in [5.41, 5.74) is 3.01. The number of anilines is 1.